The van der Waals surface area contributed by atoms with E-state index in [1.807, 2.05) is 0 Å². The number of aliphatic hydroxyl groups is 1. The van der Waals surface area contributed by atoms with Crippen LogP contribution in [0.3, 0.4) is 0 Å². The van der Waals surface area contributed by atoms with Gasteiger partial charge in [-0.25, -0.2) is 0 Å². The Labute approximate surface area is 63.1 Å². The van der Waals surface area contributed by atoms with E-state index in [0.29, 0.717) is 18.4 Å². The third kappa shape index (κ3) is 0.583. The van der Waals surface area contributed by atoms with Crippen LogP contribution in [0.5, 0.6) is 0 Å². The third-order valence-corrected chi connectivity index (χ3v) is 2.20. The molecular weight excluding hydrogens is 144 g/mol. The molecule has 0 bridgehead atoms. The van der Waals surface area contributed by atoms with Gasteiger partial charge in [-0.3, -0.25) is 4.79 Å². The minimum absolute atomic E-state index is 0.0961. The van der Waals surface area contributed by atoms with E-state index in [4.69, 9.17) is 5.26 Å². The Kier molecular flexibility index (Phi) is 0.944. The minimum atomic E-state index is -1.16. The van der Waals surface area contributed by atoms with Crippen molar-refractivity contribution in [1.29, 1.82) is 5.26 Å². The molecule has 4 heteroatoms. The van der Waals surface area contributed by atoms with Crippen LogP contribution in [0.25, 0.3) is 0 Å². The van der Waals surface area contributed by atoms with Crippen molar-refractivity contribution in [3.8, 4) is 6.07 Å². The molecule has 4 nitrogen and oxygen atoms in total. The number of carbonyl (C=O) groups is 1. The first-order valence-electron chi connectivity index (χ1n) is 3.36. The topological polar surface area (TPSA) is 73.1 Å². The summed E-state index contributed by atoms with van der Waals surface area (Å²) in [6, 6.07) is 1.78. The lowest BCUT2D eigenvalue weighted by atomic mass is 9.82. The zero-order valence-corrected chi connectivity index (χ0v) is 5.72. The third-order valence-electron chi connectivity index (χ3n) is 2.20. The van der Waals surface area contributed by atoms with Crippen LogP contribution in [-0.2, 0) is 4.79 Å². The van der Waals surface area contributed by atoms with Crippen LogP contribution in [0.4, 0.5) is 0 Å². The molecule has 2 rings (SSSR count). The van der Waals surface area contributed by atoms with Gasteiger partial charge in [0.25, 0.3) is 5.91 Å². The summed E-state index contributed by atoms with van der Waals surface area (Å²) in [6.07, 6.45) is 1.18. The molecule has 56 valence electrons. The highest BCUT2D eigenvalue weighted by Gasteiger charge is 2.50. The highest BCUT2D eigenvalue weighted by atomic mass is 16.3. The molecular formula is C7H6N2O2. The van der Waals surface area contributed by atoms with E-state index in [1.54, 1.807) is 6.07 Å². The van der Waals surface area contributed by atoms with Crippen LogP contribution in [0.1, 0.15) is 12.8 Å². The Morgan fingerprint density at radius 3 is 2.73 bits per heavy atom. The number of fused-ring (bicyclic) bond motifs is 1. The maximum absolute atomic E-state index is 10.9. The van der Waals surface area contributed by atoms with E-state index >= 15 is 0 Å². The van der Waals surface area contributed by atoms with Gasteiger partial charge in [-0.15, -0.1) is 0 Å². The van der Waals surface area contributed by atoms with Crippen molar-refractivity contribution < 1.29 is 9.90 Å². The first-order valence-corrected chi connectivity index (χ1v) is 3.36. The Morgan fingerprint density at radius 1 is 1.73 bits per heavy atom. The lowest BCUT2D eigenvalue weighted by Crippen LogP contribution is -2.49. The fourth-order valence-electron chi connectivity index (χ4n) is 1.46. The molecule has 0 aromatic heterocycles. The zero-order valence-electron chi connectivity index (χ0n) is 5.72. The molecule has 0 spiro atoms. The van der Waals surface area contributed by atoms with Gasteiger partial charge < -0.3 is 10.4 Å². The Morgan fingerprint density at radius 2 is 2.45 bits per heavy atom. The number of nitrogens with one attached hydrogen (secondary N) is 1. The molecule has 1 heterocycles. The lowest BCUT2D eigenvalue weighted by molar-refractivity contribution is -0.121. The van der Waals surface area contributed by atoms with Gasteiger partial charge in [0.2, 0.25) is 0 Å². The summed E-state index contributed by atoms with van der Waals surface area (Å²) in [5, 5.41) is 20.3. The molecule has 2 aliphatic rings. The smallest absolute Gasteiger partial charge is 0.264 e. The van der Waals surface area contributed by atoms with E-state index in [9.17, 15) is 9.90 Å². The molecule has 1 atom stereocenters. The fraction of sp³-hybridized carbons (Fsp3) is 0.429. The van der Waals surface area contributed by atoms with Crippen LogP contribution in [0, 0.1) is 11.3 Å². The summed E-state index contributed by atoms with van der Waals surface area (Å²) in [6.45, 7) is 0. The number of nitriles is 1. The summed E-state index contributed by atoms with van der Waals surface area (Å²) in [7, 11) is 0. The summed E-state index contributed by atoms with van der Waals surface area (Å²) in [4.78, 5) is 10.9. The second-order valence-electron chi connectivity index (χ2n) is 2.78. The molecule has 1 saturated carbocycles. The average Bonchev–Trinajstić information content (AvgIpc) is 2.10. The van der Waals surface area contributed by atoms with E-state index in [-0.39, 0.29) is 5.57 Å². The first kappa shape index (κ1) is 6.38. The standard InChI is InChI=1S/C7H6N2O2/c8-3-4-5-1-2-7(5,11)9-6(4)10/h11H,1-2H2,(H,9,10). The van der Waals surface area contributed by atoms with Crippen molar-refractivity contribution >= 4 is 5.91 Å². The predicted molar refractivity (Wildman–Crippen MR) is 35.0 cm³/mol. The Balaban J connectivity index is 2.50. The monoisotopic (exact) mass is 150 g/mol. The molecule has 11 heavy (non-hydrogen) atoms. The Hall–Kier alpha value is -1.34. The van der Waals surface area contributed by atoms with Gasteiger partial charge in [0.05, 0.1) is 0 Å². The van der Waals surface area contributed by atoms with Gasteiger partial charge in [0.1, 0.15) is 11.6 Å². The van der Waals surface area contributed by atoms with Crippen LogP contribution in [-0.4, -0.2) is 16.7 Å². The average molecular weight is 150 g/mol. The quantitative estimate of drug-likeness (QED) is 0.485. The van der Waals surface area contributed by atoms with E-state index in [1.165, 1.54) is 0 Å². The highest BCUT2D eigenvalue weighted by molar-refractivity contribution is 6.02. The second kappa shape index (κ2) is 1.63. The number of rotatable bonds is 0. The van der Waals surface area contributed by atoms with Crippen LogP contribution in [0.2, 0.25) is 0 Å². The van der Waals surface area contributed by atoms with Crippen molar-refractivity contribution in [1.82, 2.24) is 5.32 Å². The summed E-state index contributed by atoms with van der Waals surface area (Å²) in [5.74, 6) is -0.442. The molecule has 0 saturated heterocycles. The molecule has 1 amide bonds. The maximum Gasteiger partial charge on any atom is 0.264 e. The largest absolute Gasteiger partial charge is 0.367 e. The van der Waals surface area contributed by atoms with E-state index in [0.717, 1.165) is 0 Å². The SMILES string of the molecule is N#CC1=C2CCC2(O)NC1=O. The van der Waals surface area contributed by atoms with E-state index < -0.39 is 11.6 Å². The van der Waals surface area contributed by atoms with Crippen LogP contribution >= 0.6 is 0 Å². The minimum Gasteiger partial charge on any atom is -0.367 e. The van der Waals surface area contributed by atoms with Gasteiger partial charge >= 0.3 is 0 Å². The lowest BCUT2D eigenvalue weighted by Gasteiger charge is -2.34. The molecule has 0 radical (unpaired) electrons. The first-order chi connectivity index (χ1) is 5.17. The van der Waals surface area contributed by atoms with Gasteiger partial charge in [0.15, 0.2) is 5.72 Å². The highest BCUT2D eigenvalue weighted by Crippen LogP contribution is 2.41. The van der Waals surface area contributed by atoms with Crippen LogP contribution < -0.4 is 5.32 Å². The number of amides is 1. The number of hydrogen-bond acceptors (Lipinski definition) is 3. The van der Waals surface area contributed by atoms with Crippen LogP contribution in [0.15, 0.2) is 11.1 Å². The zero-order chi connectivity index (χ0) is 8.06. The summed E-state index contributed by atoms with van der Waals surface area (Å²) in [5.41, 5.74) is -0.508. The van der Waals surface area contributed by atoms with Crippen molar-refractivity contribution in [3.63, 3.8) is 0 Å². The van der Waals surface area contributed by atoms with Crippen molar-refractivity contribution in [2.75, 3.05) is 0 Å². The normalized spacial score (nSPS) is 34.0. The molecule has 0 aromatic rings. The van der Waals surface area contributed by atoms with Gasteiger partial charge in [-0.1, -0.05) is 0 Å². The number of nitrogens with zero attached hydrogens (tertiary/aromatic N) is 1. The molecule has 1 fully saturated rings. The molecule has 0 aromatic carbocycles. The molecule has 1 aliphatic carbocycles. The summed E-state index contributed by atoms with van der Waals surface area (Å²) < 4.78 is 0. The number of hydrogen-bond donors (Lipinski definition) is 2. The van der Waals surface area contributed by atoms with Crippen molar-refractivity contribution in [2.24, 2.45) is 0 Å². The van der Waals surface area contributed by atoms with E-state index in [2.05, 4.69) is 5.32 Å². The van der Waals surface area contributed by atoms with Gasteiger partial charge in [-0.2, -0.15) is 5.26 Å². The maximum atomic E-state index is 10.9. The second-order valence-corrected chi connectivity index (χ2v) is 2.78. The molecule has 1 unspecified atom stereocenters. The number of carbonyl (C=O) groups excluding carboxylic acids is 1. The van der Waals surface area contributed by atoms with Gasteiger partial charge in [-0.05, 0) is 6.42 Å². The molecule has 2 N–H and O–H groups in total. The van der Waals surface area contributed by atoms with Gasteiger partial charge in [0, 0.05) is 12.0 Å². The Bertz CT molecular complexity index is 313. The summed E-state index contributed by atoms with van der Waals surface area (Å²) >= 11 is 0. The predicted octanol–water partition coefficient (Wildman–Crippen LogP) is -0.581. The fourth-order valence-corrected chi connectivity index (χ4v) is 1.46. The van der Waals surface area contributed by atoms with Crippen molar-refractivity contribution in [2.45, 2.75) is 18.6 Å². The van der Waals surface area contributed by atoms with Crippen molar-refractivity contribution in [3.05, 3.63) is 11.1 Å². The molecule has 1 aliphatic heterocycles.